The Kier molecular flexibility index (Phi) is 5.34. The zero-order valence-corrected chi connectivity index (χ0v) is 11.0. The molecule has 0 aliphatic rings. The summed E-state index contributed by atoms with van der Waals surface area (Å²) in [4.78, 5) is 7.28. The van der Waals surface area contributed by atoms with Crippen molar-refractivity contribution in [2.75, 3.05) is 30.8 Å². The minimum Gasteiger partial charge on any atom is -0.377 e. The molecule has 0 aromatic carbocycles. The summed E-state index contributed by atoms with van der Waals surface area (Å²) < 4.78 is 43.2. The Morgan fingerprint density at radius 2 is 2.05 bits per heavy atom. The van der Waals surface area contributed by atoms with E-state index in [4.69, 9.17) is 4.74 Å². The van der Waals surface area contributed by atoms with Gasteiger partial charge in [-0.25, -0.2) is 4.98 Å². The largest absolute Gasteiger partial charge is 0.433 e. The van der Waals surface area contributed by atoms with Crippen LogP contribution in [-0.2, 0) is 10.9 Å². The minimum absolute atomic E-state index is 0.0820. The lowest BCUT2D eigenvalue weighted by Crippen LogP contribution is -2.21. The lowest BCUT2D eigenvalue weighted by atomic mass is 10.3. The Bertz CT molecular complexity index is 411. The zero-order valence-electron chi connectivity index (χ0n) is 11.0. The number of rotatable bonds is 6. The highest BCUT2D eigenvalue weighted by atomic mass is 19.4. The van der Waals surface area contributed by atoms with E-state index >= 15 is 0 Å². The minimum atomic E-state index is -4.50. The molecule has 1 heterocycles. The van der Waals surface area contributed by atoms with E-state index in [2.05, 4.69) is 20.6 Å². The Balaban J connectivity index is 2.83. The number of halogens is 3. The van der Waals surface area contributed by atoms with E-state index < -0.39 is 11.9 Å². The van der Waals surface area contributed by atoms with Gasteiger partial charge in [0.25, 0.3) is 0 Å². The quantitative estimate of drug-likeness (QED) is 0.836. The third kappa shape index (κ3) is 4.90. The molecule has 1 aromatic rings. The maximum absolute atomic E-state index is 12.6. The fourth-order valence-electron chi connectivity index (χ4n) is 1.39. The number of hydrogen-bond donors (Lipinski definition) is 2. The molecule has 0 spiro atoms. The average molecular weight is 278 g/mol. The van der Waals surface area contributed by atoms with Crippen LogP contribution in [0, 0.1) is 0 Å². The molecule has 1 atom stereocenters. The normalized spacial score (nSPS) is 13.2. The van der Waals surface area contributed by atoms with E-state index in [-0.39, 0.29) is 17.9 Å². The van der Waals surface area contributed by atoms with Gasteiger partial charge in [-0.05, 0) is 13.8 Å². The number of ether oxygens (including phenoxy) is 1. The van der Waals surface area contributed by atoms with Gasteiger partial charge in [0.1, 0.15) is 5.82 Å². The molecule has 0 saturated heterocycles. The van der Waals surface area contributed by atoms with Crippen LogP contribution in [0.15, 0.2) is 6.07 Å². The van der Waals surface area contributed by atoms with Gasteiger partial charge in [-0.1, -0.05) is 0 Å². The van der Waals surface area contributed by atoms with Crippen molar-refractivity contribution in [1.82, 2.24) is 9.97 Å². The molecule has 1 unspecified atom stereocenters. The molecule has 8 heteroatoms. The van der Waals surface area contributed by atoms with E-state index in [1.165, 1.54) is 7.05 Å². The molecule has 1 rings (SSSR count). The lowest BCUT2D eigenvalue weighted by molar-refractivity contribution is -0.141. The topological polar surface area (TPSA) is 59.1 Å². The fourth-order valence-corrected chi connectivity index (χ4v) is 1.39. The highest BCUT2D eigenvalue weighted by Gasteiger charge is 2.33. The van der Waals surface area contributed by atoms with Crippen molar-refractivity contribution in [3.05, 3.63) is 11.8 Å². The smallest absolute Gasteiger partial charge is 0.377 e. The monoisotopic (exact) mass is 278 g/mol. The first kappa shape index (κ1) is 15.5. The fraction of sp³-hybridized carbons (Fsp3) is 0.636. The summed E-state index contributed by atoms with van der Waals surface area (Å²) in [6.45, 7) is 4.58. The van der Waals surface area contributed by atoms with Crippen LogP contribution in [0.1, 0.15) is 19.5 Å². The third-order valence-corrected chi connectivity index (χ3v) is 2.26. The van der Waals surface area contributed by atoms with Crippen LogP contribution in [0.3, 0.4) is 0 Å². The predicted octanol–water partition coefficient (Wildman–Crippen LogP) is 2.37. The van der Waals surface area contributed by atoms with Gasteiger partial charge in [-0.2, -0.15) is 18.2 Å². The molecule has 1 aromatic heterocycles. The lowest BCUT2D eigenvalue weighted by Gasteiger charge is -2.14. The summed E-state index contributed by atoms with van der Waals surface area (Å²) in [5.41, 5.74) is -0.988. The van der Waals surface area contributed by atoms with Gasteiger partial charge >= 0.3 is 6.18 Å². The second-order valence-electron chi connectivity index (χ2n) is 3.86. The van der Waals surface area contributed by atoms with Crippen LogP contribution in [0.25, 0.3) is 0 Å². The maximum Gasteiger partial charge on any atom is 0.433 e. The Hall–Kier alpha value is -1.57. The molecule has 0 radical (unpaired) electrons. The standard InChI is InChI=1S/C11H17F3N4O/c1-4-19-7(2)6-16-9-5-8(11(12,13)14)17-10(15-3)18-9/h5,7H,4,6H2,1-3H3,(H2,15,16,17,18). The number of anilines is 2. The molecule has 0 saturated carbocycles. The number of alkyl halides is 3. The summed E-state index contributed by atoms with van der Waals surface area (Å²) in [6.07, 6.45) is -4.62. The molecule has 5 nitrogen and oxygen atoms in total. The van der Waals surface area contributed by atoms with Gasteiger partial charge in [-0.15, -0.1) is 0 Å². The summed E-state index contributed by atoms with van der Waals surface area (Å²) >= 11 is 0. The van der Waals surface area contributed by atoms with Crippen LogP contribution >= 0.6 is 0 Å². The van der Waals surface area contributed by atoms with Gasteiger partial charge in [0.15, 0.2) is 5.69 Å². The summed E-state index contributed by atoms with van der Waals surface area (Å²) in [6, 6.07) is 0.875. The third-order valence-electron chi connectivity index (χ3n) is 2.26. The van der Waals surface area contributed by atoms with Gasteiger partial charge in [0.05, 0.1) is 6.10 Å². The molecule has 0 aliphatic carbocycles. The van der Waals surface area contributed by atoms with Crippen molar-refractivity contribution in [1.29, 1.82) is 0 Å². The maximum atomic E-state index is 12.6. The van der Waals surface area contributed by atoms with Crippen molar-refractivity contribution in [3.8, 4) is 0 Å². The highest BCUT2D eigenvalue weighted by Crippen LogP contribution is 2.29. The molecule has 0 bridgehead atoms. The van der Waals surface area contributed by atoms with Gasteiger partial charge in [-0.3, -0.25) is 0 Å². The van der Waals surface area contributed by atoms with Gasteiger partial charge in [0.2, 0.25) is 5.95 Å². The zero-order chi connectivity index (χ0) is 14.5. The van der Waals surface area contributed by atoms with E-state index in [1.54, 1.807) is 0 Å². The van der Waals surface area contributed by atoms with Crippen molar-refractivity contribution < 1.29 is 17.9 Å². The van der Waals surface area contributed by atoms with Crippen LogP contribution in [0.5, 0.6) is 0 Å². The van der Waals surface area contributed by atoms with Crippen LogP contribution in [0.2, 0.25) is 0 Å². The predicted molar refractivity (Wildman–Crippen MR) is 66.2 cm³/mol. The average Bonchev–Trinajstić information content (AvgIpc) is 2.35. The number of nitrogens with zero attached hydrogens (tertiary/aromatic N) is 2. The van der Waals surface area contributed by atoms with Crippen molar-refractivity contribution >= 4 is 11.8 Å². The second kappa shape index (κ2) is 6.55. The molecule has 108 valence electrons. The molecular weight excluding hydrogens is 261 g/mol. The first-order chi connectivity index (χ1) is 8.86. The van der Waals surface area contributed by atoms with E-state index in [9.17, 15) is 13.2 Å². The second-order valence-corrected chi connectivity index (χ2v) is 3.86. The Morgan fingerprint density at radius 1 is 1.37 bits per heavy atom. The van der Waals surface area contributed by atoms with Crippen molar-refractivity contribution in [2.24, 2.45) is 0 Å². The van der Waals surface area contributed by atoms with Gasteiger partial charge in [0, 0.05) is 26.3 Å². The van der Waals surface area contributed by atoms with Crippen LogP contribution in [-0.4, -0.2) is 36.3 Å². The summed E-state index contributed by atoms with van der Waals surface area (Å²) in [5.74, 6) is 0.0274. The van der Waals surface area contributed by atoms with E-state index in [0.29, 0.717) is 13.2 Å². The number of hydrogen-bond acceptors (Lipinski definition) is 5. The van der Waals surface area contributed by atoms with Gasteiger partial charge < -0.3 is 15.4 Å². The molecular formula is C11H17F3N4O. The van der Waals surface area contributed by atoms with Crippen molar-refractivity contribution in [2.45, 2.75) is 26.1 Å². The summed E-state index contributed by atoms with van der Waals surface area (Å²) in [5, 5.41) is 5.30. The highest BCUT2D eigenvalue weighted by molar-refractivity contribution is 5.42. The first-order valence-corrected chi connectivity index (χ1v) is 5.86. The molecule has 0 amide bonds. The Morgan fingerprint density at radius 3 is 2.58 bits per heavy atom. The molecule has 2 N–H and O–H groups in total. The molecule has 0 aliphatic heterocycles. The Labute approximate surface area is 109 Å². The number of aromatic nitrogens is 2. The SMILES string of the molecule is CCOC(C)CNc1cc(C(F)(F)F)nc(NC)n1. The van der Waals surface area contributed by atoms with E-state index in [0.717, 1.165) is 6.07 Å². The molecule has 19 heavy (non-hydrogen) atoms. The van der Waals surface area contributed by atoms with Crippen LogP contribution < -0.4 is 10.6 Å². The summed E-state index contributed by atoms with van der Waals surface area (Å²) in [7, 11) is 1.46. The van der Waals surface area contributed by atoms with Crippen molar-refractivity contribution in [3.63, 3.8) is 0 Å². The molecule has 0 fully saturated rings. The van der Waals surface area contributed by atoms with E-state index in [1.807, 2.05) is 13.8 Å². The number of nitrogens with one attached hydrogen (secondary N) is 2. The first-order valence-electron chi connectivity index (χ1n) is 5.86. The van der Waals surface area contributed by atoms with Crippen LogP contribution in [0.4, 0.5) is 24.9 Å².